The summed E-state index contributed by atoms with van der Waals surface area (Å²) in [4.78, 5) is 25.9. The highest BCUT2D eigenvalue weighted by molar-refractivity contribution is 14.1. The molecule has 0 aliphatic heterocycles. The second kappa shape index (κ2) is 7.45. The highest BCUT2D eigenvalue weighted by Gasteiger charge is 2.15. The maximum Gasteiger partial charge on any atom is 0.314 e. The van der Waals surface area contributed by atoms with Crippen molar-refractivity contribution in [3.8, 4) is 0 Å². The number of nitrogens with zero attached hydrogens (tertiary/aromatic N) is 1. The smallest absolute Gasteiger partial charge is 0.314 e. The van der Waals surface area contributed by atoms with Gasteiger partial charge >= 0.3 is 11.8 Å². The summed E-state index contributed by atoms with van der Waals surface area (Å²) >= 11 is 2.20. The number of aryl methyl sites for hydroxylation is 1. The third kappa shape index (κ3) is 4.69. The number of hydrogen-bond donors (Lipinski definition) is 2. The quantitative estimate of drug-likeness (QED) is 0.589. The number of carbonyl (C=O) groups excluding carboxylic acids is 2. The molecule has 5 nitrogen and oxygen atoms in total. The van der Waals surface area contributed by atoms with Gasteiger partial charge in [-0.15, -0.1) is 0 Å². The molecule has 2 rings (SSSR count). The van der Waals surface area contributed by atoms with Gasteiger partial charge in [-0.25, -0.2) is 0 Å². The van der Waals surface area contributed by atoms with Crippen LogP contribution in [0.5, 0.6) is 0 Å². The molecule has 0 spiro atoms. The predicted molar refractivity (Wildman–Crippen MR) is 102 cm³/mol. The number of nitrogens with one attached hydrogen (secondary N) is 2. The zero-order valence-corrected chi connectivity index (χ0v) is 15.3. The van der Waals surface area contributed by atoms with Gasteiger partial charge < -0.3 is 15.5 Å². The SMILES string of the molecule is Cc1cc(I)ccc1NC(=O)C(=O)Nc1ccc(N(C)C)cc1. The van der Waals surface area contributed by atoms with Crippen LogP contribution in [0.15, 0.2) is 42.5 Å². The van der Waals surface area contributed by atoms with Crippen LogP contribution in [0.3, 0.4) is 0 Å². The van der Waals surface area contributed by atoms with Gasteiger partial charge in [0.2, 0.25) is 0 Å². The number of anilines is 3. The van der Waals surface area contributed by atoms with Crippen molar-refractivity contribution in [3.05, 3.63) is 51.6 Å². The van der Waals surface area contributed by atoms with Gasteiger partial charge in [-0.2, -0.15) is 0 Å². The molecule has 2 amide bonds. The van der Waals surface area contributed by atoms with Crippen LogP contribution in [0.1, 0.15) is 5.56 Å². The maximum absolute atomic E-state index is 12.0. The zero-order chi connectivity index (χ0) is 17.0. The fourth-order valence-electron chi connectivity index (χ4n) is 1.98. The fraction of sp³-hybridized carbons (Fsp3) is 0.176. The molecule has 2 N–H and O–H groups in total. The van der Waals surface area contributed by atoms with Crippen molar-refractivity contribution in [2.24, 2.45) is 0 Å². The van der Waals surface area contributed by atoms with E-state index >= 15 is 0 Å². The molecule has 0 heterocycles. The Bertz CT molecular complexity index is 727. The summed E-state index contributed by atoms with van der Waals surface area (Å²) in [5.41, 5.74) is 3.14. The Kier molecular flexibility index (Phi) is 5.59. The summed E-state index contributed by atoms with van der Waals surface area (Å²) in [7, 11) is 3.87. The first-order valence-corrected chi connectivity index (χ1v) is 8.10. The van der Waals surface area contributed by atoms with Crippen LogP contribution in [-0.4, -0.2) is 25.9 Å². The number of hydrogen-bond acceptors (Lipinski definition) is 3. The molecule has 0 atom stereocenters. The molecule has 0 radical (unpaired) electrons. The molecule has 0 aromatic heterocycles. The van der Waals surface area contributed by atoms with Gasteiger partial charge in [-0.1, -0.05) is 0 Å². The van der Waals surface area contributed by atoms with Gasteiger partial charge in [-0.3, -0.25) is 9.59 Å². The number of amides is 2. The Morgan fingerprint density at radius 1 is 0.957 bits per heavy atom. The number of halogens is 1. The topological polar surface area (TPSA) is 61.4 Å². The van der Waals surface area contributed by atoms with Gasteiger partial charge in [-0.05, 0) is 77.5 Å². The lowest BCUT2D eigenvalue weighted by molar-refractivity contribution is -0.133. The molecule has 6 heteroatoms. The van der Waals surface area contributed by atoms with Crippen LogP contribution < -0.4 is 15.5 Å². The molecular weight excluding hydrogens is 405 g/mol. The van der Waals surface area contributed by atoms with E-state index in [9.17, 15) is 9.59 Å². The van der Waals surface area contributed by atoms with Crippen molar-refractivity contribution in [3.63, 3.8) is 0 Å². The lowest BCUT2D eigenvalue weighted by Crippen LogP contribution is -2.29. The third-order valence-electron chi connectivity index (χ3n) is 3.28. The summed E-state index contributed by atoms with van der Waals surface area (Å²) in [5, 5.41) is 5.21. The first kappa shape index (κ1) is 17.3. The average molecular weight is 423 g/mol. The number of carbonyl (C=O) groups is 2. The van der Waals surface area contributed by atoms with E-state index in [0.717, 1.165) is 14.8 Å². The van der Waals surface area contributed by atoms with E-state index in [2.05, 4.69) is 33.2 Å². The molecule has 0 saturated carbocycles. The minimum absolute atomic E-state index is 0.579. The lowest BCUT2D eigenvalue weighted by Gasteiger charge is -2.13. The highest BCUT2D eigenvalue weighted by atomic mass is 127. The molecule has 0 saturated heterocycles. The predicted octanol–water partition coefficient (Wildman–Crippen LogP) is 3.24. The van der Waals surface area contributed by atoms with E-state index < -0.39 is 11.8 Å². The lowest BCUT2D eigenvalue weighted by atomic mass is 10.2. The average Bonchev–Trinajstić information content (AvgIpc) is 2.50. The van der Waals surface area contributed by atoms with Crippen LogP contribution >= 0.6 is 22.6 Å². The highest BCUT2D eigenvalue weighted by Crippen LogP contribution is 2.18. The summed E-state index contributed by atoms with van der Waals surface area (Å²) < 4.78 is 1.07. The Hall–Kier alpha value is -2.09. The molecule has 2 aromatic carbocycles. The monoisotopic (exact) mass is 423 g/mol. The first-order valence-electron chi connectivity index (χ1n) is 7.02. The van der Waals surface area contributed by atoms with Crippen LogP contribution in [0.2, 0.25) is 0 Å². The van der Waals surface area contributed by atoms with Crippen LogP contribution in [-0.2, 0) is 9.59 Å². The first-order chi connectivity index (χ1) is 10.9. The Morgan fingerprint density at radius 2 is 1.57 bits per heavy atom. The van der Waals surface area contributed by atoms with E-state index in [4.69, 9.17) is 0 Å². The zero-order valence-electron chi connectivity index (χ0n) is 13.2. The van der Waals surface area contributed by atoms with Gasteiger partial charge in [0.1, 0.15) is 0 Å². The summed E-state index contributed by atoms with van der Waals surface area (Å²) in [6, 6.07) is 12.9. The molecule has 0 fully saturated rings. The van der Waals surface area contributed by atoms with Crippen molar-refractivity contribution in [2.75, 3.05) is 29.6 Å². The Labute approximate surface area is 149 Å². The van der Waals surface area contributed by atoms with Crippen LogP contribution in [0, 0.1) is 10.5 Å². The third-order valence-corrected chi connectivity index (χ3v) is 3.96. The van der Waals surface area contributed by atoms with Crippen molar-refractivity contribution >= 4 is 51.5 Å². The molecule has 0 aliphatic carbocycles. The van der Waals surface area contributed by atoms with Gasteiger partial charge in [0, 0.05) is 34.7 Å². The molecule has 0 unspecified atom stereocenters. The van der Waals surface area contributed by atoms with Crippen LogP contribution in [0.4, 0.5) is 17.1 Å². The standard InChI is InChI=1S/C17H18IN3O2/c1-11-10-12(18)4-9-15(11)20-17(23)16(22)19-13-5-7-14(8-6-13)21(2)3/h4-10H,1-3H3,(H,19,22)(H,20,23). The normalized spacial score (nSPS) is 10.1. The summed E-state index contributed by atoms with van der Waals surface area (Å²) in [6.07, 6.45) is 0. The minimum Gasteiger partial charge on any atom is -0.378 e. The van der Waals surface area contributed by atoms with E-state index in [1.807, 2.05) is 50.2 Å². The molecule has 0 aliphatic rings. The second-order valence-electron chi connectivity index (χ2n) is 5.31. The maximum atomic E-state index is 12.0. The van der Waals surface area contributed by atoms with E-state index in [0.29, 0.717) is 11.4 Å². The molecule has 2 aromatic rings. The van der Waals surface area contributed by atoms with Gasteiger partial charge in [0.15, 0.2) is 0 Å². The van der Waals surface area contributed by atoms with E-state index in [-0.39, 0.29) is 0 Å². The molecular formula is C17H18IN3O2. The Morgan fingerprint density at radius 3 is 2.13 bits per heavy atom. The Balaban J connectivity index is 2.01. The fourth-order valence-corrected chi connectivity index (χ4v) is 2.62. The minimum atomic E-state index is -0.694. The summed E-state index contributed by atoms with van der Waals surface area (Å²) in [5.74, 6) is -1.38. The van der Waals surface area contributed by atoms with Crippen molar-refractivity contribution in [1.29, 1.82) is 0 Å². The van der Waals surface area contributed by atoms with Crippen molar-refractivity contribution in [1.82, 2.24) is 0 Å². The van der Waals surface area contributed by atoms with E-state index in [1.54, 1.807) is 18.2 Å². The molecule has 23 heavy (non-hydrogen) atoms. The van der Waals surface area contributed by atoms with Gasteiger partial charge in [0.25, 0.3) is 0 Å². The van der Waals surface area contributed by atoms with Gasteiger partial charge in [0.05, 0.1) is 0 Å². The van der Waals surface area contributed by atoms with Crippen molar-refractivity contribution in [2.45, 2.75) is 6.92 Å². The van der Waals surface area contributed by atoms with Crippen molar-refractivity contribution < 1.29 is 9.59 Å². The number of benzene rings is 2. The molecule has 120 valence electrons. The molecule has 0 bridgehead atoms. The van der Waals surface area contributed by atoms with E-state index in [1.165, 1.54) is 0 Å². The second-order valence-corrected chi connectivity index (χ2v) is 6.55. The number of rotatable bonds is 3. The van der Waals surface area contributed by atoms with Crippen LogP contribution in [0.25, 0.3) is 0 Å². The largest absolute Gasteiger partial charge is 0.378 e. The summed E-state index contributed by atoms with van der Waals surface area (Å²) in [6.45, 7) is 1.88.